The molecule has 0 saturated carbocycles. The lowest BCUT2D eigenvalue weighted by Crippen LogP contribution is -2.19. The first-order valence-corrected chi connectivity index (χ1v) is 7.49. The van der Waals surface area contributed by atoms with E-state index in [4.69, 9.17) is 9.26 Å². The van der Waals surface area contributed by atoms with E-state index in [9.17, 15) is 0 Å². The standard InChI is InChI=1S/C17H24N2O2/c1-5-9-18-12(2)15-7-6-8-16(10-15)20-11-17-13(3)19-21-14(17)4/h6-8,10,12,18H,5,9,11H2,1-4H3. The van der Waals surface area contributed by atoms with Gasteiger partial charge in [0.15, 0.2) is 0 Å². The van der Waals surface area contributed by atoms with Crippen molar-refractivity contribution in [3.8, 4) is 5.75 Å². The number of nitrogens with one attached hydrogen (secondary N) is 1. The predicted molar refractivity (Wildman–Crippen MR) is 83.5 cm³/mol. The second kappa shape index (κ2) is 7.27. The second-order valence-corrected chi connectivity index (χ2v) is 5.34. The molecule has 1 aromatic carbocycles. The molecule has 0 aliphatic rings. The molecule has 0 saturated heterocycles. The Kier molecular flexibility index (Phi) is 5.39. The van der Waals surface area contributed by atoms with Crippen molar-refractivity contribution in [2.24, 2.45) is 0 Å². The van der Waals surface area contributed by atoms with Crippen LogP contribution in [-0.2, 0) is 6.61 Å². The third-order valence-corrected chi connectivity index (χ3v) is 3.62. The molecule has 1 aromatic heterocycles. The molecule has 1 unspecified atom stereocenters. The van der Waals surface area contributed by atoms with Crippen molar-refractivity contribution >= 4 is 0 Å². The van der Waals surface area contributed by atoms with E-state index in [-0.39, 0.29) is 0 Å². The molecular weight excluding hydrogens is 264 g/mol. The van der Waals surface area contributed by atoms with Crippen molar-refractivity contribution in [3.05, 3.63) is 46.8 Å². The number of ether oxygens (including phenoxy) is 1. The molecule has 0 fully saturated rings. The van der Waals surface area contributed by atoms with Gasteiger partial charge in [0.2, 0.25) is 0 Å². The third kappa shape index (κ3) is 4.08. The fourth-order valence-electron chi connectivity index (χ4n) is 2.22. The van der Waals surface area contributed by atoms with E-state index in [1.54, 1.807) is 0 Å². The van der Waals surface area contributed by atoms with Gasteiger partial charge in [-0.25, -0.2) is 0 Å². The minimum Gasteiger partial charge on any atom is -0.489 e. The van der Waals surface area contributed by atoms with Crippen molar-refractivity contribution < 1.29 is 9.26 Å². The van der Waals surface area contributed by atoms with Crippen LogP contribution in [-0.4, -0.2) is 11.7 Å². The molecule has 4 heteroatoms. The Morgan fingerprint density at radius 1 is 1.33 bits per heavy atom. The van der Waals surface area contributed by atoms with Gasteiger partial charge in [0.25, 0.3) is 0 Å². The van der Waals surface area contributed by atoms with Crippen molar-refractivity contribution in [1.82, 2.24) is 10.5 Å². The summed E-state index contributed by atoms with van der Waals surface area (Å²) in [5.74, 6) is 1.69. The van der Waals surface area contributed by atoms with Gasteiger partial charge in [0.1, 0.15) is 18.1 Å². The van der Waals surface area contributed by atoms with Crippen molar-refractivity contribution in [2.75, 3.05) is 6.54 Å². The minimum atomic E-state index is 0.326. The molecule has 2 aromatic rings. The third-order valence-electron chi connectivity index (χ3n) is 3.62. The van der Waals surface area contributed by atoms with Gasteiger partial charge in [-0.3, -0.25) is 0 Å². The average Bonchev–Trinajstić information content (AvgIpc) is 2.82. The van der Waals surface area contributed by atoms with Gasteiger partial charge in [-0.2, -0.15) is 0 Å². The van der Waals surface area contributed by atoms with Crippen LogP contribution in [0.4, 0.5) is 0 Å². The molecule has 114 valence electrons. The highest BCUT2D eigenvalue weighted by atomic mass is 16.5. The number of aromatic nitrogens is 1. The van der Waals surface area contributed by atoms with Gasteiger partial charge in [-0.1, -0.05) is 24.2 Å². The van der Waals surface area contributed by atoms with Crippen LogP contribution in [0.1, 0.15) is 48.9 Å². The van der Waals surface area contributed by atoms with E-state index in [2.05, 4.69) is 36.5 Å². The summed E-state index contributed by atoms with van der Waals surface area (Å²) in [6.07, 6.45) is 1.13. The fraction of sp³-hybridized carbons (Fsp3) is 0.471. The molecule has 0 bridgehead atoms. The maximum Gasteiger partial charge on any atom is 0.140 e. The lowest BCUT2D eigenvalue weighted by molar-refractivity contribution is 0.301. The Balaban J connectivity index is 2.01. The van der Waals surface area contributed by atoms with E-state index < -0.39 is 0 Å². The molecule has 21 heavy (non-hydrogen) atoms. The molecule has 1 N–H and O–H groups in total. The number of rotatable bonds is 7. The van der Waals surface area contributed by atoms with Gasteiger partial charge >= 0.3 is 0 Å². The van der Waals surface area contributed by atoms with Crippen LogP contribution in [0.2, 0.25) is 0 Å². The quantitative estimate of drug-likeness (QED) is 0.838. The van der Waals surface area contributed by atoms with Crippen molar-refractivity contribution in [1.29, 1.82) is 0 Å². The predicted octanol–water partition coefficient (Wildman–Crippen LogP) is 3.93. The molecule has 1 heterocycles. The van der Waals surface area contributed by atoms with Crippen LogP contribution < -0.4 is 10.1 Å². The molecule has 0 spiro atoms. The number of nitrogens with zero attached hydrogens (tertiary/aromatic N) is 1. The van der Waals surface area contributed by atoms with Gasteiger partial charge in [-0.15, -0.1) is 0 Å². The summed E-state index contributed by atoms with van der Waals surface area (Å²) < 4.78 is 11.0. The highest BCUT2D eigenvalue weighted by Crippen LogP contribution is 2.21. The molecule has 0 aliphatic heterocycles. The summed E-state index contributed by atoms with van der Waals surface area (Å²) in [5.41, 5.74) is 3.15. The van der Waals surface area contributed by atoms with E-state index in [0.717, 1.165) is 35.7 Å². The number of hydrogen-bond acceptors (Lipinski definition) is 4. The lowest BCUT2D eigenvalue weighted by Gasteiger charge is -2.15. The smallest absolute Gasteiger partial charge is 0.140 e. The molecule has 0 radical (unpaired) electrons. The van der Waals surface area contributed by atoms with Gasteiger partial charge in [0, 0.05) is 6.04 Å². The highest BCUT2D eigenvalue weighted by molar-refractivity contribution is 5.31. The van der Waals surface area contributed by atoms with Gasteiger partial charge < -0.3 is 14.6 Å². The second-order valence-electron chi connectivity index (χ2n) is 5.34. The van der Waals surface area contributed by atoms with E-state index in [1.165, 1.54) is 5.56 Å². The first kappa shape index (κ1) is 15.6. The van der Waals surface area contributed by atoms with Gasteiger partial charge in [-0.05, 0) is 51.4 Å². The molecule has 1 atom stereocenters. The number of benzene rings is 1. The summed E-state index contributed by atoms with van der Waals surface area (Å²) in [5, 5.41) is 7.43. The first-order chi connectivity index (χ1) is 10.1. The van der Waals surface area contributed by atoms with Crippen LogP contribution in [0.15, 0.2) is 28.8 Å². The van der Waals surface area contributed by atoms with Crippen molar-refractivity contribution in [2.45, 2.75) is 46.8 Å². The topological polar surface area (TPSA) is 47.3 Å². The van der Waals surface area contributed by atoms with Crippen LogP contribution >= 0.6 is 0 Å². The largest absolute Gasteiger partial charge is 0.489 e. The van der Waals surface area contributed by atoms with Crippen LogP contribution in [0.5, 0.6) is 5.75 Å². The minimum absolute atomic E-state index is 0.326. The zero-order chi connectivity index (χ0) is 15.2. The van der Waals surface area contributed by atoms with Crippen LogP contribution in [0.25, 0.3) is 0 Å². The molecular formula is C17H24N2O2. The summed E-state index contributed by atoms with van der Waals surface area (Å²) >= 11 is 0. The van der Waals surface area contributed by atoms with Crippen LogP contribution in [0.3, 0.4) is 0 Å². The lowest BCUT2D eigenvalue weighted by atomic mass is 10.1. The summed E-state index contributed by atoms with van der Waals surface area (Å²) in [4.78, 5) is 0. The van der Waals surface area contributed by atoms with Gasteiger partial charge in [0.05, 0.1) is 11.3 Å². The Morgan fingerprint density at radius 3 is 2.81 bits per heavy atom. The Bertz CT molecular complexity index is 558. The van der Waals surface area contributed by atoms with Crippen molar-refractivity contribution in [3.63, 3.8) is 0 Å². The van der Waals surface area contributed by atoms with E-state index in [0.29, 0.717) is 12.6 Å². The zero-order valence-corrected chi connectivity index (χ0v) is 13.3. The Hall–Kier alpha value is -1.81. The van der Waals surface area contributed by atoms with Crippen LogP contribution in [0, 0.1) is 13.8 Å². The number of aryl methyl sites for hydroxylation is 2. The Morgan fingerprint density at radius 2 is 2.14 bits per heavy atom. The SMILES string of the molecule is CCCNC(C)c1cccc(OCc2c(C)noc2C)c1. The molecule has 0 amide bonds. The Labute approximate surface area is 126 Å². The molecule has 2 rings (SSSR count). The molecule has 4 nitrogen and oxygen atoms in total. The average molecular weight is 288 g/mol. The summed E-state index contributed by atoms with van der Waals surface area (Å²) in [6, 6.07) is 8.55. The molecule has 0 aliphatic carbocycles. The fourth-order valence-corrected chi connectivity index (χ4v) is 2.22. The number of hydrogen-bond donors (Lipinski definition) is 1. The van der Waals surface area contributed by atoms with E-state index in [1.807, 2.05) is 26.0 Å². The van der Waals surface area contributed by atoms with E-state index >= 15 is 0 Å². The summed E-state index contributed by atoms with van der Waals surface area (Å²) in [6.45, 7) is 9.69. The first-order valence-electron chi connectivity index (χ1n) is 7.49. The normalized spacial score (nSPS) is 12.4. The maximum atomic E-state index is 5.88. The maximum absolute atomic E-state index is 5.88. The summed E-state index contributed by atoms with van der Waals surface area (Å²) in [7, 11) is 0. The zero-order valence-electron chi connectivity index (χ0n) is 13.3. The highest BCUT2D eigenvalue weighted by Gasteiger charge is 2.10. The monoisotopic (exact) mass is 288 g/mol.